The summed E-state index contributed by atoms with van der Waals surface area (Å²) in [6, 6.07) is 3.53. The number of nitro groups is 1. The summed E-state index contributed by atoms with van der Waals surface area (Å²) in [6.45, 7) is -5.14. The number of halogens is 3. The highest BCUT2D eigenvalue weighted by Crippen LogP contribution is 2.32. The Morgan fingerprint density at radius 1 is 1.32 bits per heavy atom. The van der Waals surface area contributed by atoms with Crippen molar-refractivity contribution in [2.24, 2.45) is 0 Å². The fourth-order valence-corrected chi connectivity index (χ4v) is 2.07. The Balaban J connectivity index is 2.39. The number of nitrogens with zero attached hydrogens (tertiary/aromatic N) is 2. The summed E-state index contributed by atoms with van der Waals surface area (Å²) < 4.78 is 37.4. The van der Waals surface area contributed by atoms with E-state index >= 15 is 0 Å². The SMILES string of the molecule is O=C1CCc2cc([N+](=O)[O-])ccc2N1C[B-](F)(F)F. The van der Waals surface area contributed by atoms with Gasteiger partial charge in [-0.15, -0.1) is 0 Å². The van der Waals surface area contributed by atoms with E-state index in [2.05, 4.69) is 0 Å². The van der Waals surface area contributed by atoms with Gasteiger partial charge in [-0.1, -0.05) is 0 Å². The Hall–Kier alpha value is -2.06. The Labute approximate surface area is 106 Å². The lowest BCUT2D eigenvalue weighted by atomic mass is 9.88. The van der Waals surface area contributed by atoms with Crippen molar-refractivity contribution in [3.8, 4) is 0 Å². The molecule has 9 heteroatoms. The number of nitro benzene ring substituents is 1. The van der Waals surface area contributed by atoms with Crippen LogP contribution in [0.15, 0.2) is 18.2 Å². The predicted molar refractivity (Wildman–Crippen MR) is 62.8 cm³/mol. The average Bonchev–Trinajstić information content (AvgIpc) is 2.31. The predicted octanol–water partition coefficient (Wildman–Crippen LogP) is 2.26. The van der Waals surface area contributed by atoms with Gasteiger partial charge in [0.1, 0.15) is 0 Å². The number of amides is 1. The van der Waals surface area contributed by atoms with Crippen LogP contribution >= 0.6 is 0 Å². The molecule has 0 N–H and O–H groups in total. The molecular formula is C10H9BF3N2O3-. The van der Waals surface area contributed by atoms with Crippen LogP contribution in [-0.2, 0) is 11.2 Å². The molecule has 0 atom stereocenters. The number of hydrogen-bond donors (Lipinski definition) is 0. The first-order chi connectivity index (χ1) is 8.78. The molecule has 5 nitrogen and oxygen atoms in total. The second-order valence-corrected chi connectivity index (χ2v) is 4.28. The number of anilines is 1. The minimum absolute atomic E-state index is 0.0691. The molecule has 1 aromatic carbocycles. The molecule has 1 heterocycles. The van der Waals surface area contributed by atoms with E-state index in [9.17, 15) is 27.9 Å². The zero-order chi connectivity index (χ0) is 14.2. The Bertz CT molecular complexity index is 547. The summed E-state index contributed by atoms with van der Waals surface area (Å²) in [7, 11) is 0. The first-order valence-electron chi connectivity index (χ1n) is 5.56. The Kier molecular flexibility index (Phi) is 3.21. The van der Waals surface area contributed by atoms with Crippen molar-refractivity contribution >= 4 is 24.3 Å². The molecule has 0 unspecified atom stereocenters. The van der Waals surface area contributed by atoms with Crippen molar-refractivity contribution in [2.45, 2.75) is 12.8 Å². The lowest BCUT2D eigenvalue weighted by Crippen LogP contribution is -2.44. The third kappa shape index (κ3) is 2.86. The summed E-state index contributed by atoms with van der Waals surface area (Å²) in [5, 5.41) is 10.6. The smallest absolute Gasteiger partial charge is 0.448 e. The van der Waals surface area contributed by atoms with E-state index in [-0.39, 0.29) is 24.2 Å². The van der Waals surface area contributed by atoms with Gasteiger partial charge in [-0.25, -0.2) is 0 Å². The fraction of sp³-hybridized carbons (Fsp3) is 0.300. The van der Waals surface area contributed by atoms with E-state index in [0.717, 1.165) is 6.07 Å². The van der Waals surface area contributed by atoms with Gasteiger partial charge in [0.15, 0.2) is 0 Å². The molecule has 2 rings (SSSR count). The van der Waals surface area contributed by atoms with Crippen LogP contribution in [-0.4, -0.2) is 24.3 Å². The number of non-ortho nitro benzene ring substituents is 1. The maximum absolute atomic E-state index is 12.5. The minimum Gasteiger partial charge on any atom is -0.448 e. The van der Waals surface area contributed by atoms with Gasteiger partial charge in [0.05, 0.1) is 4.92 Å². The third-order valence-corrected chi connectivity index (χ3v) is 2.86. The van der Waals surface area contributed by atoms with E-state index in [1.807, 2.05) is 0 Å². The van der Waals surface area contributed by atoms with Crippen LogP contribution in [0.25, 0.3) is 0 Å². The second kappa shape index (κ2) is 4.56. The zero-order valence-electron chi connectivity index (χ0n) is 9.68. The summed E-state index contributed by atoms with van der Waals surface area (Å²) in [5.41, 5.74) is 0.320. The molecule has 0 aliphatic carbocycles. The van der Waals surface area contributed by atoms with E-state index in [1.54, 1.807) is 0 Å². The molecule has 1 aliphatic heterocycles. The molecule has 0 radical (unpaired) electrons. The van der Waals surface area contributed by atoms with Crippen LogP contribution in [0, 0.1) is 10.1 Å². The molecule has 102 valence electrons. The summed E-state index contributed by atoms with van der Waals surface area (Å²) in [6.07, 6.45) is -1.17. The molecule has 0 fully saturated rings. The number of benzene rings is 1. The molecular weight excluding hydrogens is 264 g/mol. The quantitative estimate of drug-likeness (QED) is 0.482. The number of rotatable bonds is 3. The van der Waals surface area contributed by atoms with E-state index in [4.69, 9.17) is 0 Å². The monoisotopic (exact) mass is 273 g/mol. The standard InChI is InChI=1S/C10H9BF3N2O3/c12-11(13,14)6-15-9-3-2-8(16(18)19)5-7(9)1-4-10(15)17/h2-3,5H,1,4,6H2/q-1. The van der Waals surface area contributed by atoms with Crippen LogP contribution in [0.4, 0.5) is 24.3 Å². The number of carbonyl (C=O) groups excluding carboxylic acids is 1. The molecule has 19 heavy (non-hydrogen) atoms. The molecule has 0 spiro atoms. The van der Waals surface area contributed by atoms with Crippen LogP contribution in [0.3, 0.4) is 0 Å². The maximum atomic E-state index is 12.5. The van der Waals surface area contributed by atoms with Gasteiger partial charge in [-0.2, -0.15) is 0 Å². The topological polar surface area (TPSA) is 63.4 Å². The van der Waals surface area contributed by atoms with Crippen LogP contribution in [0.5, 0.6) is 0 Å². The fourth-order valence-electron chi connectivity index (χ4n) is 2.07. The van der Waals surface area contributed by atoms with Crippen molar-refractivity contribution in [3.63, 3.8) is 0 Å². The largest absolute Gasteiger partial charge is 0.497 e. The highest BCUT2D eigenvalue weighted by atomic mass is 19.4. The van der Waals surface area contributed by atoms with Gasteiger partial charge in [0.2, 0.25) is 5.91 Å². The van der Waals surface area contributed by atoms with Crippen LogP contribution in [0.1, 0.15) is 12.0 Å². The molecule has 0 saturated heterocycles. The van der Waals surface area contributed by atoms with Crippen molar-refractivity contribution in [1.29, 1.82) is 0 Å². The molecule has 1 aliphatic rings. The third-order valence-electron chi connectivity index (χ3n) is 2.86. The van der Waals surface area contributed by atoms with Gasteiger partial charge in [-0.3, -0.25) is 14.9 Å². The van der Waals surface area contributed by atoms with Gasteiger partial charge in [0, 0.05) is 24.2 Å². The first-order valence-corrected chi connectivity index (χ1v) is 5.56. The highest BCUT2D eigenvalue weighted by molar-refractivity contribution is 6.59. The van der Waals surface area contributed by atoms with Gasteiger partial charge in [-0.05, 0) is 24.5 Å². The number of aryl methyl sites for hydroxylation is 1. The van der Waals surface area contributed by atoms with Gasteiger partial charge < -0.3 is 17.8 Å². The average molecular weight is 273 g/mol. The minimum atomic E-state index is -5.14. The number of carbonyl (C=O) groups is 1. The Morgan fingerprint density at radius 3 is 2.58 bits per heavy atom. The Morgan fingerprint density at radius 2 is 2.00 bits per heavy atom. The molecule has 1 amide bonds. The molecule has 0 bridgehead atoms. The van der Waals surface area contributed by atoms with Crippen molar-refractivity contribution in [3.05, 3.63) is 33.9 Å². The van der Waals surface area contributed by atoms with Crippen LogP contribution in [0.2, 0.25) is 0 Å². The highest BCUT2D eigenvalue weighted by Gasteiger charge is 2.33. The van der Waals surface area contributed by atoms with Crippen molar-refractivity contribution in [2.75, 3.05) is 11.3 Å². The van der Waals surface area contributed by atoms with Gasteiger partial charge in [0.25, 0.3) is 5.69 Å². The first kappa shape index (κ1) is 13.4. The van der Waals surface area contributed by atoms with Gasteiger partial charge >= 0.3 is 6.98 Å². The lowest BCUT2D eigenvalue weighted by molar-refractivity contribution is -0.384. The number of hydrogen-bond acceptors (Lipinski definition) is 3. The zero-order valence-corrected chi connectivity index (χ0v) is 9.68. The van der Waals surface area contributed by atoms with E-state index in [0.29, 0.717) is 10.5 Å². The molecule has 0 saturated carbocycles. The normalized spacial score (nSPS) is 15.3. The van der Waals surface area contributed by atoms with Crippen LogP contribution < -0.4 is 4.90 Å². The lowest BCUT2D eigenvalue weighted by Gasteiger charge is -2.33. The molecule has 1 aromatic rings. The maximum Gasteiger partial charge on any atom is 0.497 e. The van der Waals surface area contributed by atoms with E-state index < -0.39 is 24.3 Å². The number of fused-ring (bicyclic) bond motifs is 1. The summed E-state index contributed by atoms with van der Waals surface area (Å²) in [4.78, 5) is 22.2. The van der Waals surface area contributed by atoms with E-state index in [1.165, 1.54) is 12.1 Å². The van der Waals surface area contributed by atoms with Crippen molar-refractivity contribution < 1.29 is 22.7 Å². The summed E-state index contributed by atoms with van der Waals surface area (Å²) >= 11 is 0. The molecule has 0 aromatic heterocycles. The summed E-state index contributed by atoms with van der Waals surface area (Å²) in [5.74, 6) is -0.611. The second-order valence-electron chi connectivity index (χ2n) is 4.28. The van der Waals surface area contributed by atoms with Crippen molar-refractivity contribution in [1.82, 2.24) is 0 Å².